The Balaban J connectivity index is 1.34. The van der Waals surface area contributed by atoms with Crippen LogP contribution in [0.4, 0.5) is 15.4 Å². The standard InChI is InChI=1S/C31H41N6O10P/c1-3-5-15-45-30(40)36-13-11-35(12-14-36)29(39)24(19-48(43,44)46-4-2)33-28(38)23-16-25(34-27(32-23)20-9-7-6-8-10-20)37-17-21-22(18-37)26(21)47-31(41)42/h6-10,16,21-22,24,26H,3-5,11-15,17-19H2,1-2H3,(H,33,38)(H,41,42)(H,43,44)/t21-,22+,24-,26+/m0/s1. The zero-order valence-corrected chi connectivity index (χ0v) is 27.8. The molecule has 1 aromatic carbocycles. The number of hydrogen-bond acceptors (Lipinski definition) is 11. The van der Waals surface area contributed by atoms with Crippen molar-refractivity contribution in [2.45, 2.75) is 38.8 Å². The summed E-state index contributed by atoms with van der Waals surface area (Å²) < 4.78 is 28.1. The van der Waals surface area contributed by atoms with Gasteiger partial charge in [0.2, 0.25) is 5.91 Å². The third-order valence-corrected chi connectivity index (χ3v) is 10.1. The lowest BCUT2D eigenvalue weighted by Gasteiger charge is -2.36. The topological polar surface area (TPSA) is 201 Å². The third kappa shape index (κ3) is 8.60. The summed E-state index contributed by atoms with van der Waals surface area (Å²) in [6.07, 6.45) is -1.21. The van der Waals surface area contributed by atoms with Gasteiger partial charge in [-0.2, -0.15) is 0 Å². The van der Waals surface area contributed by atoms with E-state index in [4.69, 9.17) is 19.1 Å². The first-order valence-electron chi connectivity index (χ1n) is 16.1. The maximum atomic E-state index is 13.8. The number of nitrogens with zero attached hydrogens (tertiary/aromatic N) is 5. The molecule has 1 unspecified atom stereocenters. The van der Waals surface area contributed by atoms with E-state index in [1.807, 2.05) is 17.9 Å². The maximum absolute atomic E-state index is 13.8. The summed E-state index contributed by atoms with van der Waals surface area (Å²) >= 11 is 0. The van der Waals surface area contributed by atoms with Gasteiger partial charge >= 0.3 is 19.8 Å². The van der Waals surface area contributed by atoms with Gasteiger partial charge in [0.25, 0.3) is 5.91 Å². The fourth-order valence-corrected chi connectivity index (χ4v) is 7.22. The van der Waals surface area contributed by atoms with Gasteiger partial charge in [0.15, 0.2) is 5.82 Å². The quantitative estimate of drug-likeness (QED) is 0.158. The van der Waals surface area contributed by atoms with Gasteiger partial charge in [-0.05, 0) is 13.3 Å². The number of piperidine rings is 1. The molecule has 2 aromatic rings. The van der Waals surface area contributed by atoms with Crippen LogP contribution in [0.15, 0.2) is 36.4 Å². The highest BCUT2D eigenvalue weighted by Crippen LogP contribution is 2.49. The van der Waals surface area contributed by atoms with Crippen molar-refractivity contribution in [3.8, 4) is 11.4 Å². The molecule has 0 bridgehead atoms. The lowest BCUT2D eigenvalue weighted by molar-refractivity contribution is -0.134. The highest BCUT2D eigenvalue weighted by molar-refractivity contribution is 7.52. The number of fused-ring (bicyclic) bond motifs is 1. The second-order valence-corrected chi connectivity index (χ2v) is 13.8. The molecular formula is C31H41N6O10P. The molecule has 3 aliphatic rings. The van der Waals surface area contributed by atoms with Gasteiger partial charge in [-0.15, -0.1) is 0 Å². The molecule has 3 amide bonds. The van der Waals surface area contributed by atoms with E-state index < -0.39 is 43.9 Å². The van der Waals surface area contributed by atoms with Gasteiger partial charge in [0.1, 0.15) is 23.7 Å². The Morgan fingerprint density at radius 3 is 2.31 bits per heavy atom. The number of benzene rings is 1. The number of aromatic nitrogens is 2. The number of carbonyl (C=O) groups excluding carboxylic acids is 3. The average molecular weight is 689 g/mol. The van der Waals surface area contributed by atoms with Gasteiger partial charge in [-0.25, -0.2) is 19.6 Å². The molecule has 0 radical (unpaired) electrons. The molecule has 16 nitrogen and oxygen atoms in total. The Hall–Kier alpha value is -4.27. The van der Waals surface area contributed by atoms with Crippen LogP contribution in [0.1, 0.15) is 37.2 Å². The summed E-state index contributed by atoms with van der Waals surface area (Å²) in [7, 11) is -4.29. The summed E-state index contributed by atoms with van der Waals surface area (Å²) in [6, 6.07) is 9.05. The molecule has 1 aliphatic carbocycles. The molecule has 5 atom stereocenters. The second-order valence-electron chi connectivity index (χ2n) is 11.9. The van der Waals surface area contributed by atoms with Crippen LogP contribution in [0.5, 0.6) is 0 Å². The first-order valence-corrected chi connectivity index (χ1v) is 17.8. The normalized spacial score (nSPS) is 21.9. The highest BCUT2D eigenvalue weighted by atomic mass is 31.2. The molecular weight excluding hydrogens is 647 g/mol. The van der Waals surface area contributed by atoms with Gasteiger partial charge in [-0.1, -0.05) is 43.7 Å². The Bertz CT molecular complexity index is 1530. The Morgan fingerprint density at radius 1 is 1.02 bits per heavy atom. The Kier molecular flexibility index (Phi) is 11.2. The van der Waals surface area contributed by atoms with Crippen LogP contribution < -0.4 is 10.2 Å². The van der Waals surface area contributed by atoms with Gasteiger partial charge in [-0.3, -0.25) is 14.2 Å². The molecule has 1 aromatic heterocycles. The lowest BCUT2D eigenvalue weighted by atomic mass is 10.2. The minimum absolute atomic E-state index is 0.00597. The highest BCUT2D eigenvalue weighted by Gasteiger charge is 2.59. The molecule has 1 saturated carbocycles. The second kappa shape index (κ2) is 15.3. The van der Waals surface area contributed by atoms with Gasteiger partial charge in [0, 0.05) is 62.7 Å². The van der Waals surface area contributed by atoms with E-state index in [0.29, 0.717) is 31.1 Å². The fraction of sp³-hybridized carbons (Fsp3) is 0.548. The minimum Gasteiger partial charge on any atom is -0.450 e. The van der Waals surface area contributed by atoms with Crippen LogP contribution in [0.25, 0.3) is 11.4 Å². The minimum atomic E-state index is -4.29. The number of rotatable bonds is 13. The first kappa shape index (κ1) is 35.0. The largest absolute Gasteiger partial charge is 0.506 e. The van der Waals surface area contributed by atoms with Crippen molar-refractivity contribution in [1.82, 2.24) is 25.1 Å². The summed E-state index contributed by atoms with van der Waals surface area (Å²) in [5, 5.41) is 11.6. The molecule has 17 heteroatoms. The van der Waals surface area contributed by atoms with E-state index in [2.05, 4.69) is 15.3 Å². The average Bonchev–Trinajstić information content (AvgIpc) is 3.48. The van der Waals surface area contributed by atoms with Crippen molar-refractivity contribution in [1.29, 1.82) is 0 Å². The molecule has 3 fully saturated rings. The Labute approximate surface area is 277 Å². The third-order valence-electron chi connectivity index (χ3n) is 8.57. The van der Waals surface area contributed by atoms with E-state index in [-0.39, 0.29) is 62.2 Å². The molecule has 0 spiro atoms. The van der Waals surface area contributed by atoms with E-state index in [0.717, 1.165) is 12.8 Å². The lowest BCUT2D eigenvalue weighted by Crippen LogP contribution is -2.56. The number of carboxylic acid groups (broad SMARTS) is 1. The molecule has 3 N–H and O–H groups in total. The van der Waals surface area contributed by atoms with Crippen LogP contribution >= 0.6 is 7.60 Å². The summed E-state index contributed by atoms with van der Waals surface area (Å²) in [5.41, 5.74) is 0.569. The predicted octanol–water partition coefficient (Wildman–Crippen LogP) is 2.67. The number of hydrogen-bond donors (Lipinski definition) is 3. The number of amides is 3. The summed E-state index contributed by atoms with van der Waals surface area (Å²) in [5.74, 6) is -0.664. The van der Waals surface area contributed by atoms with Gasteiger partial charge < -0.3 is 44.0 Å². The number of anilines is 1. The van der Waals surface area contributed by atoms with Crippen LogP contribution in [0, 0.1) is 11.8 Å². The molecule has 2 aliphatic heterocycles. The molecule has 260 valence electrons. The smallest absolute Gasteiger partial charge is 0.450 e. The fourth-order valence-electron chi connectivity index (χ4n) is 6.01. The zero-order valence-electron chi connectivity index (χ0n) is 26.9. The van der Waals surface area contributed by atoms with Crippen molar-refractivity contribution in [2.75, 3.05) is 63.5 Å². The van der Waals surface area contributed by atoms with Crippen LogP contribution in [-0.2, 0) is 23.4 Å². The van der Waals surface area contributed by atoms with E-state index in [1.165, 1.54) is 15.9 Å². The molecule has 2 saturated heterocycles. The number of unbranched alkanes of at least 4 members (excludes halogenated alkanes) is 1. The summed E-state index contributed by atoms with van der Waals surface area (Å²) in [4.78, 5) is 75.4. The molecule has 48 heavy (non-hydrogen) atoms. The molecule has 5 rings (SSSR count). The van der Waals surface area contributed by atoms with Crippen molar-refractivity contribution >= 4 is 37.5 Å². The van der Waals surface area contributed by atoms with Crippen LogP contribution in [0.3, 0.4) is 0 Å². The number of piperazine rings is 1. The SMILES string of the molecule is CCCCOC(=O)N1CCN(C(=O)[C@H](CP(=O)(O)OCC)NC(=O)c2cc(N3C[C@@H]4[C@H](C3)[C@H]4OC(=O)O)nc(-c3ccccc3)n2)CC1. The monoisotopic (exact) mass is 688 g/mol. The molecule has 3 heterocycles. The van der Waals surface area contributed by atoms with E-state index >= 15 is 0 Å². The van der Waals surface area contributed by atoms with Crippen molar-refractivity contribution < 1.29 is 47.7 Å². The van der Waals surface area contributed by atoms with Crippen molar-refractivity contribution in [3.05, 3.63) is 42.1 Å². The summed E-state index contributed by atoms with van der Waals surface area (Å²) in [6.45, 7) is 5.37. The number of carbonyl (C=O) groups is 4. The number of ether oxygens (including phenoxy) is 2. The maximum Gasteiger partial charge on any atom is 0.506 e. The number of nitrogens with one attached hydrogen (secondary N) is 1. The van der Waals surface area contributed by atoms with Crippen LogP contribution in [0.2, 0.25) is 0 Å². The van der Waals surface area contributed by atoms with Crippen molar-refractivity contribution in [2.24, 2.45) is 11.8 Å². The van der Waals surface area contributed by atoms with Crippen molar-refractivity contribution in [3.63, 3.8) is 0 Å². The van der Waals surface area contributed by atoms with Gasteiger partial charge in [0.05, 0.1) is 19.4 Å². The van der Waals surface area contributed by atoms with Crippen LogP contribution in [-0.4, -0.2) is 125 Å². The van der Waals surface area contributed by atoms with E-state index in [9.17, 15) is 28.6 Å². The van der Waals surface area contributed by atoms with E-state index in [1.54, 1.807) is 31.2 Å². The Morgan fingerprint density at radius 2 is 1.69 bits per heavy atom. The predicted molar refractivity (Wildman–Crippen MR) is 172 cm³/mol. The first-order chi connectivity index (χ1) is 23.0. The zero-order chi connectivity index (χ0) is 34.4.